The van der Waals surface area contributed by atoms with E-state index in [1.165, 1.54) is 24.5 Å². The Kier molecular flexibility index (Phi) is 3.80. The number of nitrogens with two attached hydrogens (primary N) is 1. The summed E-state index contributed by atoms with van der Waals surface area (Å²) in [7, 11) is -3.94. The second-order valence-corrected chi connectivity index (χ2v) is 5.85. The lowest BCUT2D eigenvalue weighted by Gasteiger charge is -2.06. The monoisotopic (exact) mass is 311 g/mol. The van der Waals surface area contributed by atoms with Gasteiger partial charge in [-0.1, -0.05) is 0 Å². The highest BCUT2D eigenvalue weighted by atomic mass is 32.2. The molecule has 0 radical (unpaired) electrons. The molecule has 0 aliphatic rings. The van der Waals surface area contributed by atoms with Crippen LogP contribution in [-0.2, 0) is 16.6 Å². The average Bonchev–Trinajstić information content (AvgIpc) is 2.85. The van der Waals surface area contributed by atoms with Gasteiger partial charge in [0.1, 0.15) is 5.69 Å². The molecule has 2 rings (SSSR count). The van der Waals surface area contributed by atoms with E-state index in [1.54, 1.807) is 4.68 Å². The number of rotatable bonds is 5. The molecule has 10 heteroatoms. The molecule has 0 bridgehead atoms. The van der Waals surface area contributed by atoms with Crippen LogP contribution in [0.1, 0.15) is 6.92 Å². The van der Waals surface area contributed by atoms with E-state index in [-0.39, 0.29) is 16.3 Å². The van der Waals surface area contributed by atoms with E-state index in [0.29, 0.717) is 6.54 Å². The van der Waals surface area contributed by atoms with E-state index in [0.717, 1.165) is 6.07 Å². The van der Waals surface area contributed by atoms with Crippen LogP contribution < -0.4 is 10.5 Å². The Hall–Kier alpha value is -2.62. The second kappa shape index (κ2) is 5.40. The van der Waals surface area contributed by atoms with Gasteiger partial charge in [-0.2, -0.15) is 5.10 Å². The number of aromatic nitrogens is 2. The van der Waals surface area contributed by atoms with Gasteiger partial charge in [0.05, 0.1) is 21.7 Å². The Morgan fingerprint density at radius 2 is 2.19 bits per heavy atom. The van der Waals surface area contributed by atoms with Crippen LogP contribution in [0.5, 0.6) is 0 Å². The number of aryl methyl sites for hydroxylation is 1. The van der Waals surface area contributed by atoms with E-state index in [2.05, 4.69) is 9.82 Å². The van der Waals surface area contributed by atoms with Gasteiger partial charge in [-0.15, -0.1) is 0 Å². The quantitative estimate of drug-likeness (QED) is 0.484. The van der Waals surface area contributed by atoms with Gasteiger partial charge in [0.25, 0.3) is 15.7 Å². The summed E-state index contributed by atoms with van der Waals surface area (Å²) >= 11 is 0. The fourth-order valence-electron chi connectivity index (χ4n) is 1.65. The van der Waals surface area contributed by atoms with Crippen molar-refractivity contribution in [3.63, 3.8) is 0 Å². The van der Waals surface area contributed by atoms with Gasteiger partial charge >= 0.3 is 0 Å². The van der Waals surface area contributed by atoms with Gasteiger partial charge in [-0.25, -0.2) is 8.42 Å². The summed E-state index contributed by atoms with van der Waals surface area (Å²) in [6.07, 6.45) is 2.87. The molecule has 9 nitrogen and oxygen atoms in total. The molecule has 21 heavy (non-hydrogen) atoms. The maximum Gasteiger partial charge on any atom is 0.293 e. The summed E-state index contributed by atoms with van der Waals surface area (Å²) < 4.78 is 28.2. The molecule has 0 unspecified atom stereocenters. The zero-order valence-electron chi connectivity index (χ0n) is 11.1. The summed E-state index contributed by atoms with van der Waals surface area (Å²) in [5, 5.41) is 14.7. The molecule has 0 amide bonds. The van der Waals surface area contributed by atoms with E-state index in [4.69, 9.17) is 5.73 Å². The summed E-state index contributed by atoms with van der Waals surface area (Å²) in [5.74, 6) is 0. The van der Waals surface area contributed by atoms with Crippen molar-refractivity contribution >= 4 is 27.1 Å². The smallest absolute Gasteiger partial charge is 0.293 e. The first-order chi connectivity index (χ1) is 9.83. The first kappa shape index (κ1) is 14.8. The summed E-state index contributed by atoms with van der Waals surface area (Å²) in [6, 6.07) is 3.30. The third kappa shape index (κ3) is 3.11. The molecule has 1 heterocycles. The van der Waals surface area contributed by atoms with Crippen LogP contribution in [0.2, 0.25) is 0 Å². The second-order valence-electron chi connectivity index (χ2n) is 4.17. The third-order valence-electron chi connectivity index (χ3n) is 2.72. The molecule has 0 saturated carbocycles. The predicted molar refractivity (Wildman–Crippen MR) is 76.2 cm³/mol. The van der Waals surface area contributed by atoms with Crippen molar-refractivity contribution in [1.82, 2.24) is 9.78 Å². The minimum absolute atomic E-state index is 0.0993. The van der Waals surface area contributed by atoms with Crippen LogP contribution in [-0.4, -0.2) is 23.1 Å². The van der Waals surface area contributed by atoms with Gasteiger partial charge in [0, 0.05) is 18.8 Å². The minimum atomic E-state index is -3.94. The summed E-state index contributed by atoms with van der Waals surface area (Å²) in [4.78, 5) is 9.82. The van der Waals surface area contributed by atoms with Gasteiger partial charge in [-0.05, 0) is 19.1 Å². The molecule has 0 fully saturated rings. The van der Waals surface area contributed by atoms with Crippen LogP contribution in [0, 0.1) is 10.1 Å². The molecular formula is C11H13N5O4S. The van der Waals surface area contributed by atoms with Crippen molar-refractivity contribution < 1.29 is 13.3 Å². The van der Waals surface area contributed by atoms with Crippen LogP contribution in [0.25, 0.3) is 0 Å². The number of hydrogen-bond donors (Lipinski definition) is 2. The molecule has 0 aliphatic heterocycles. The van der Waals surface area contributed by atoms with Gasteiger partial charge < -0.3 is 5.73 Å². The Labute approximate surface area is 120 Å². The molecule has 3 N–H and O–H groups in total. The van der Waals surface area contributed by atoms with Crippen molar-refractivity contribution in [3.05, 3.63) is 40.7 Å². The molecule has 0 atom stereocenters. The average molecular weight is 311 g/mol. The zero-order chi connectivity index (χ0) is 15.6. The SMILES string of the molecule is CCn1cc(NS(=O)(=O)c2ccc(N)c([N+](=O)[O-])c2)cn1. The first-order valence-corrected chi connectivity index (χ1v) is 7.41. The zero-order valence-corrected chi connectivity index (χ0v) is 11.9. The largest absolute Gasteiger partial charge is 0.393 e. The van der Waals surface area contributed by atoms with Crippen molar-refractivity contribution in [2.24, 2.45) is 0 Å². The van der Waals surface area contributed by atoms with E-state index in [1.807, 2.05) is 6.92 Å². The molecule has 0 saturated heterocycles. The molecule has 1 aromatic carbocycles. The Morgan fingerprint density at radius 3 is 2.76 bits per heavy atom. The summed E-state index contributed by atoms with van der Waals surface area (Å²) in [6.45, 7) is 2.45. The van der Waals surface area contributed by atoms with E-state index in [9.17, 15) is 18.5 Å². The normalized spacial score (nSPS) is 11.3. The highest BCUT2D eigenvalue weighted by Crippen LogP contribution is 2.25. The van der Waals surface area contributed by atoms with Crippen LogP contribution in [0.3, 0.4) is 0 Å². The van der Waals surface area contributed by atoms with Gasteiger partial charge in [0.15, 0.2) is 0 Å². The predicted octanol–water partition coefficient (Wildman–Crippen LogP) is 1.19. The van der Waals surface area contributed by atoms with Crippen molar-refractivity contribution in [2.45, 2.75) is 18.4 Å². The lowest BCUT2D eigenvalue weighted by Crippen LogP contribution is -2.13. The van der Waals surface area contributed by atoms with Crippen LogP contribution in [0.15, 0.2) is 35.5 Å². The molecule has 112 valence electrons. The van der Waals surface area contributed by atoms with Crippen molar-refractivity contribution in [3.8, 4) is 0 Å². The van der Waals surface area contributed by atoms with Crippen LogP contribution in [0.4, 0.5) is 17.1 Å². The molecule has 1 aromatic heterocycles. The first-order valence-electron chi connectivity index (χ1n) is 5.92. The Bertz CT molecular complexity index is 784. The third-order valence-corrected chi connectivity index (χ3v) is 4.10. The Balaban J connectivity index is 2.35. The highest BCUT2D eigenvalue weighted by Gasteiger charge is 2.20. The molecular weight excluding hydrogens is 298 g/mol. The van der Waals surface area contributed by atoms with E-state index >= 15 is 0 Å². The van der Waals surface area contributed by atoms with Crippen LogP contribution >= 0.6 is 0 Å². The van der Waals surface area contributed by atoms with Gasteiger partial charge in [0.2, 0.25) is 0 Å². The number of anilines is 2. The number of hydrogen-bond acceptors (Lipinski definition) is 6. The summed E-state index contributed by atoms with van der Waals surface area (Å²) in [5.41, 5.74) is 5.16. The number of benzene rings is 1. The molecule has 2 aromatic rings. The van der Waals surface area contributed by atoms with Gasteiger partial charge in [-0.3, -0.25) is 19.5 Å². The number of nitrogens with zero attached hydrogens (tertiary/aromatic N) is 3. The standard InChI is InChI=1S/C11H13N5O4S/c1-2-15-7-8(6-13-15)14-21(19,20)9-3-4-10(12)11(5-9)16(17)18/h3-7,14H,2,12H2,1H3. The maximum absolute atomic E-state index is 12.2. The fraction of sp³-hybridized carbons (Fsp3) is 0.182. The lowest BCUT2D eigenvalue weighted by molar-refractivity contribution is -0.384. The molecule has 0 spiro atoms. The van der Waals surface area contributed by atoms with Crippen molar-refractivity contribution in [1.29, 1.82) is 0 Å². The fourth-order valence-corrected chi connectivity index (χ4v) is 2.70. The number of nitrogen functional groups attached to an aromatic ring is 1. The maximum atomic E-state index is 12.2. The lowest BCUT2D eigenvalue weighted by atomic mass is 10.3. The highest BCUT2D eigenvalue weighted by molar-refractivity contribution is 7.92. The topological polar surface area (TPSA) is 133 Å². The number of nitro benzene ring substituents is 1. The number of nitrogens with one attached hydrogen (secondary N) is 1. The minimum Gasteiger partial charge on any atom is -0.393 e. The van der Waals surface area contributed by atoms with E-state index < -0.39 is 20.6 Å². The Morgan fingerprint density at radius 1 is 1.48 bits per heavy atom. The van der Waals surface area contributed by atoms with Crippen molar-refractivity contribution in [2.75, 3.05) is 10.5 Å². The number of nitro groups is 1. The number of sulfonamides is 1. The molecule has 0 aliphatic carbocycles.